The van der Waals surface area contributed by atoms with E-state index in [-0.39, 0.29) is 6.03 Å². The molecule has 0 atom stereocenters. The Morgan fingerprint density at radius 3 is 2.48 bits per heavy atom. The van der Waals surface area contributed by atoms with E-state index in [0.717, 1.165) is 28.0 Å². The highest BCUT2D eigenvalue weighted by Gasteiger charge is 2.07. The third kappa shape index (κ3) is 5.70. The van der Waals surface area contributed by atoms with E-state index >= 15 is 0 Å². The van der Waals surface area contributed by atoms with Crippen LogP contribution in [-0.2, 0) is 13.2 Å². The van der Waals surface area contributed by atoms with Gasteiger partial charge in [0.1, 0.15) is 12.4 Å². The number of hydrogen-bond acceptors (Lipinski definition) is 3. The molecule has 4 rings (SSSR count). The standard InChI is InChI=1S/C26H23N3O2/c30-26(28-18-21-9-7-15-27-17-21)29-23-12-6-8-20(16-23)19-31-25-14-5-4-13-24(25)22-10-2-1-3-11-22/h1-17H,18-19H2,(H2,28,29,30). The van der Waals surface area contributed by atoms with Gasteiger partial charge < -0.3 is 15.4 Å². The molecule has 0 bridgehead atoms. The fourth-order valence-electron chi connectivity index (χ4n) is 3.21. The fourth-order valence-corrected chi connectivity index (χ4v) is 3.21. The Morgan fingerprint density at radius 2 is 1.65 bits per heavy atom. The lowest BCUT2D eigenvalue weighted by Crippen LogP contribution is -2.28. The van der Waals surface area contributed by atoms with Gasteiger partial charge in [-0.3, -0.25) is 4.98 Å². The molecule has 0 saturated heterocycles. The molecule has 5 nitrogen and oxygen atoms in total. The number of para-hydroxylation sites is 1. The summed E-state index contributed by atoms with van der Waals surface area (Å²) in [7, 11) is 0. The second-order valence-corrected chi connectivity index (χ2v) is 7.02. The molecule has 0 radical (unpaired) electrons. The van der Waals surface area contributed by atoms with Crippen molar-refractivity contribution in [1.82, 2.24) is 10.3 Å². The van der Waals surface area contributed by atoms with Crippen molar-refractivity contribution in [2.75, 3.05) is 5.32 Å². The van der Waals surface area contributed by atoms with E-state index in [1.54, 1.807) is 12.4 Å². The van der Waals surface area contributed by atoms with Crippen molar-refractivity contribution < 1.29 is 9.53 Å². The van der Waals surface area contributed by atoms with Gasteiger partial charge in [-0.25, -0.2) is 4.79 Å². The summed E-state index contributed by atoms with van der Waals surface area (Å²) in [6.07, 6.45) is 3.43. The molecule has 3 aromatic carbocycles. The Balaban J connectivity index is 1.37. The highest BCUT2D eigenvalue weighted by atomic mass is 16.5. The third-order valence-electron chi connectivity index (χ3n) is 4.73. The van der Waals surface area contributed by atoms with Gasteiger partial charge in [0.15, 0.2) is 0 Å². The van der Waals surface area contributed by atoms with Gasteiger partial charge in [-0.15, -0.1) is 0 Å². The summed E-state index contributed by atoms with van der Waals surface area (Å²) in [4.78, 5) is 16.2. The highest BCUT2D eigenvalue weighted by molar-refractivity contribution is 5.89. The van der Waals surface area contributed by atoms with Crippen LogP contribution in [0.15, 0.2) is 103 Å². The summed E-state index contributed by atoms with van der Waals surface area (Å²) in [5.74, 6) is 0.821. The maximum absolute atomic E-state index is 12.2. The molecule has 0 spiro atoms. The molecule has 0 aliphatic heterocycles. The van der Waals surface area contributed by atoms with Crippen molar-refractivity contribution in [3.05, 3.63) is 115 Å². The Hall–Kier alpha value is -4.12. The first-order chi connectivity index (χ1) is 15.3. The summed E-state index contributed by atoms with van der Waals surface area (Å²) in [6.45, 7) is 0.815. The zero-order chi connectivity index (χ0) is 21.3. The second-order valence-electron chi connectivity index (χ2n) is 7.02. The number of benzene rings is 3. The smallest absolute Gasteiger partial charge is 0.319 e. The molecule has 0 fully saturated rings. The van der Waals surface area contributed by atoms with Gasteiger partial charge >= 0.3 is 6.03 Å². The van der Waals surface area contributed by atoms with E-state index in [1.165, 1.54) is 0 Å². The first kappa shape index (κ1) is 20.2. The molecule has 5 heteroatoms. The quantitative estimate of drug-likeness (QED) is 0.415. The average molecular weight is 409 g/mol. The van der Waals surface area contributed by atoms with Gasteiger partial charge in [-0.2, -0.15) is 0 Å². The third-order valence-corrected chi connectivity index (χ3v) is 4.73. The second kappa shape index (κ2) is 10.1. The number of aromatic nitrogens is 1. The number of hydrogen-bond donors (Lipinski definition) is 2. The van der Waals surface area contributed by atoms with Crippen molar-refractivity contribution in [3.8, 4) is 16.9 Å². The van der Waals surface area contributed by atoms with Crippen LogP contribution in [0.3, 0.4) is 0 Å². The Morgan fingerprint density at radius 1 is 0.839 bits per heavy atom. The number of pyridine rings is 1. The molecule has 0 unspecified atom stereocenters. The molecule has 154 valence electrons. The maximum Gasteiger partial charge on any atom is 0.319 e. The molecule has 2 N–H and O–H groups in total. The predicted octanol–water partition coefficient (Wildman–Crippen LogP) is 5.65. The van der Waals surface area contributed by atoms with Crippen LogP contribution in [0.2, 0.25) is 0 Å². The lowest BCUT2D eigenvalue weighted by Gasteiger charge is -2.13. The van der Waals surface area contributed by atoms with Gasteiger partial charge in [-0.1, -0.05) is 66.7 Å². The highest BCUT2D eigenvalue weighted by Crippen LogP contribution is 2.30. The van der Waals surface area contributed by atoms with E-state index in [0.29, 0.717) is 18.8 Å². The number of ether oxygens (including phenoxy) is 1. The van der Waals surface area contributed by atoms with Crippen molar-refractivity contribution in [1.29, 1.82) is 0 Å². The first-order valence-electron chi connectivity index (χ1n) is 10.1. The van der Waals surface area contributed by atoms with Gasteiger partial charge in [0.2, 0.25) is 0 Å². The molecular formula is C26H23N3O2. The van der Waals surface area contributed by atoms with Crippen LogP contribution in [-0.4, -0.2) is 11.0 Å². The number of nitrogens with one attached hydrogen (secondary N) is 2. The average Bonchev–Trinajstić information content (AvgIpc) is 2.83. The minimum Gasteiger partial charge on any atom is -0.488 e. The van der Waals surface area contributed by atoms with Crippen molar-refractivity contribution >= 4 is 11.7 Å². The Kier molecular flexibility index (Phi) is 6.55. The van der Waals surface area contributed by atoms with E-state index in [9.17, 15) is 4.79 Å². The summed E-state index contributed by atoms with van der Waals surface area (Å²) < 4.78 is 6.11. The van der Waals surface area contributed by atoms with E-state index in [1.807, 2.05) is 72.8 Å². The fraction of sp³-hybridized carbons (Fsp3) is 0.0769. The maximum atomic E-state index is 12.2. The molecule has 0 aliphatic carbocycles. The van der Waals surface area contributed by atoms with Crippen molar-refractivity contribution in [2.24, 2.45) is 0 Å². The topological polar surface area (TPSA) is 63.2 Å². The van der Waals surface area contributed by atoms with Gasteiger partial charge in [0.05, 0.1) is 0 Å². The Bertz CT molecular complexity index is 1130. The summed E-state index contributed by atoms with van der Waals surface area (Å²) >= 11 is 0. The van der Waals surface area contributed by atoms with Crippen LogP contribution >= 0.6 is 0 Å². The van der Waals surface area contributed by atoms with Crippen LogP contribution in [0.1, 0.15) is 11.1 Å². The summed E-state index contributed by atoms with van der Waals surface area (Å²) in [5.41, 5.74) is 4.77. The summed E-state index contributed by atoms with van der Waals surface area (Å²) in [5, 5.41) is 5.69. The minimum atomic E-state index is -0.267. The molecule has 0 saturated carbocycles. The van der Waals surface area contributed by atoms with E-state index in [4.69, 9.17) is 4.74 Å². The number of nitrogens with zero attached hydrogens (tertiary/aromatic N) is 1. The lowest BCUT2D eigenvalue weighted by molar-refractivity contribution is 0.251. The molecule has 4 aromatic rings. The zero-order valence-corrected chi connectivity index (χ0v) is 17.0. The monoisotopic (exact) mass is 409 g/mol. The van der Waals surface area contributed by atoms with Gasteiger partial charge in [-0.05, 0) is 41.0 Å². The minimum absolute atomic E-state index is 0.267. The lowest BCUT2D eigenvalue weighted by atomic mass is 10.0. The molecule has 1 heterocycles. The number of anilines is 1. The number of carbonyl (C=O) groups is 1. The largest absolute Gasteiger partial charge is 0.488 e. The van der Waals surface area contributed by atoms with E-state index in [2.05, 4.69) is 33.8 Å². The van der Waals surface area contributed by atoms with Crippen LogP contribution in [0.5, 0.6) is 5.75 Å². The number of carbonyl (C=O) groups excluding carboxylic acids is 1. The van der Waals surface area contributed by atoms with Gasteiger partial charge in [0, 0.05) is 30.2 Å². The van der Waals surface area contributed by atoms with Gasteiger partial charge in [0.25, 0.3) is 0 Å². The molecular weight excluding hydrogens is 386 g/mol. The SMILES string of the molecule is O=C(NCc1cccnc1)Nc1cccc(COc2ccccc2-c2ccccc2)c1. The van der Waals surface area contributed by atoms with Crippen molar-refractivity contribution in [2.45, 2.75) is 13.2 Å². The van der Waals surface area contributed by atoms with Crippen LogP contribution < -0.4 is 15.4 Å². The normalized spacial score (nSPS) is 10.3. The summed E-state index contributed by atoms with van der Waals surface area (Å²) in [6, 6.07) is 29.3. The molecule has 1 aromatic heterocycles. The first-order valence-corrected chi connectivity index (χ1v) is 10.1. The van der Waals surface area contributed by atoms with Crippen LogP contribution in [0, 0.1) is 0 Å². The van der Waals surface area contributed by atoms with Crippen molar-refractivity contribution in [3.63, 3.8) is 0 Å². The zero-order valence-electron chi connectivity index (χ0n) is 17.0. The van der Waals surface area contributed by atoms with Crippen LogP contribution in [0.4, 0.5) is 10.5 Å². The molecule has 0 aliphatic rings. The number of urea groups is 1. The van der Waals surface area contributed by atoms with Crippen LogP contribution in [0.25, 0.3) is 11.1 Å². The predicted molar refractivity (Wildman–Crippen MR) is 123 cm³/mol. The number of rotatable bonds is 7. The van der Waals surface area contributed by atoms with E-state index < -0.39 is 0 Å². The Labute approximate surface area is 181 Å². The molecule has 2 amide bonds. The number of amides is 2. The molecule has 31 heavy (non-hydrogen) atoms.